The van der Waals surface area contributed by atoms with E-state index in [1.54, 1.807) is 12.1 Å². The van der Waals surface area contributed by atoms with E-state index < -0.39 is 122 Å². The Morgan fingerprint density at radius 1 is 0.652 bits per heavy atom. The summed E-state index contributed by atoms with van der Waals surface area (Å²) in [6.45, 7) is 0.0827. The van der Waals surface area contributed by atoms with Gasteiger partial charge >= 0.3 is 12.1 Å². The van der Waals surface area contributed by atoms with Crippen molar-refractivity contribution >= 4 is 67.1 Å². The van der Waals surface area contributed by atoms with Crippen LogP contribution in [0.25, 0.3) is 0 Å². The molecule has 16 nitrogen and oxygen atoms in total. The molecule has 356 valence electrons. The lowest BCUT2D eigenvalue weighted by atomic mass is 9.96. The molecule has 0 aromatic heterocycles. The fourth-order valence-corrected chi connectivity index (χ4v) is 8.24. The Morgan fingerprint density at radius 3 is 1.50 bits per heavy atom. The first kappa shape index (κ1) is 32.2. The largest absolute Gasteiger partial charge is 0.496 e. The third kappa shape index (κ3) is 15.8. The summed E-state index contributed by atoms with van der Waals surface area (Å²) < 4.78 is 200. The number of hydrogen-bond acceptors (Lipinski definition) is 10. The molecule has 0 heterocycles. The Hall–Kier alpha value is -5.56. The molecule has 0 saturated heterocycles. The van der Waals surface area contributed by atoms with Gasteiger partial charge in [-0.1, -0.05) is 85.8 Å². The molecule has 2 aliphatic rings. The van der Waals surface area contributed by atoms with Gasteiger partial charge in [0.2, 0.25) is 0 Å². The molecule has 0 radical (unpaired) electrons. The van der Waals surface area contributed by atoms with E-state index in [1.807, 2.05) is 4.72 Å². The quantitative estimate of drug-likeness (QED) is 0.0657. The minimum absolute atomic E-state index is 0.0220. The summed E-state index contributed by atoms with van der Waals surface area (Å²) in [6, 6.07) is 1.27. The van der Waals surface area contributed by atoms with E-state index >= 15 is 0 Å². The molecule has 4 aromatic rings. The van der Waals surface area contributed by atoms with Crippen LogP contribution in [0.2, 0.25) is 10.0 Å². The fourth-order valence-electron chi connectivity index (χ4n) is 6.13. The summed E-state index contributed by atoms with van der Waals surface area (Å²) in [4.78, 5) is 49.6. The SMILES string of the molecule is [2H]c1c([2H])c(OC)c(C(=O)NCCc2ccc(S(=O)(=O)NC(=O)NC3([2H])C([2H])([2H])C([2H])([2H])C([2H])([2H])C([2H])([2H])C3([2H])[2H])cc2)c([2H])c1Cl.[2H]c1c([2H])c(OC)c(C(=O)NCCc2ccc(S(=O)(=O)NC(=O)NC3CCCCC3)cc2)c([2H])c1Cl. The molecule has 0 bridgehead atoms. The molecule has 20 heteroatoms. The van der Waals surface area contributed by atoms with Crippen LogP contribution < -0.4 is 40.2 Å². The third-order valence-electron chi connectivity index (χ3n) is 9.36. The van der Waals surface area contributed by atoms with E-state index in [-0.39, 0.29) is 64.1 Å². The number of urea groups is 2. The molecule has 2 aliphatic carbocycles. The molecular formula is C46H56Cl2N6O10S2. The van der Waals surface area contributed by atoms with Gasteiger partial charge in [0, 0.05) is 48.9 Å². The fraction of sp³-hybridized carbons (Fsp3) is 0.391. The van der Waals surface area contributed by atoms with E-state index in [9.17, 15) is 36.0 Å². The Bertz CT molecular complexity index is 3360. The van der Waals surface area contributed by atoms with Gasteiger partial charge < -0.3 is 30.7 Å². The topological polar surface area (TPSA) is 227 Å². The van der Waals surface area contributed by atoms with Gasteiger partial charge in [-0.25, -0.2) is 35.9 Å². The lowest BCUT2D eigenvalue weighted by Gasteiger charge is -2.22. The van der Waals surface area contributed by atoms with Crippen LogP contribution in [-0.4, -0.2) is 80.1 Å². The molecule has 2 saturated carbocycles. The number of nitrogens with one attached hydrogen (secondary N) is 6. The number of rotatable bonds is 16. The number of hydrogen-bond donors (Lipinski definition) is 6. The second kappa shape index (κ2) is 24.8. The van der Waals surface area contributed by atoms with Gasteiger partial charge in [0.25, 0.3) is 31.9 Å². The molecule has 0 spiro atoms. The number of benzene rings is 4. The number of carbonyl (C=O) groups is 4. The van der Waals surface area contributed by atoms with Crippen molar-refractivity contribution < 1.29 is 68.8 Å². The van der Waals surface area contributed by atoms with E-state index in [2.05, 4.69) is 16.0 Å². The summed E-state index contributed by atoms with van der Waals surface area (Å²) >= 11 is 11.8. The Balaban J connectivity index is 0.000000315. The van der Waals surface area contributed by atoms with Crippen LogP contribution in [-0.2, 0) is 32.9 Å². The standard InChI is InChI=1S/2C23H28ClN3O5S/c2*1-32-21-12-9-17(24)15-20(21)22(28)25-14-13-16-7-10-19(11-8-16)33(30,31)27-23(29)26-18-5-3-2-4-6-18/h2*7-12,15,18H,2-6,13-14H2,1H3,(H,25,28)(H2,26,27,29)/i2D2,3D2,4D2,5D2,6D2,9D,12D,15D,18D;9D,12D,15D. The normalized spacial score (nSPS) is 22.4. The number of ether oxygens (including phenoxy) is 2. The van der Waals surface area contributed by atoms with E-state index in [1.165, 1.54) is 41.4 Å². The van der Waals surface area contributed by atoms with Gasteiger partial charge in [-0.15, -0.1) is 0 Å². The lowest BCUT2D eigenvalue weighted by Crippen LogP contribution is -2.45. The molecule has 0 unspecified atom stereocenters. The number of methoxy groups -OCH3 is 2. The second-order valence-corrected chi connectivity index (χ2v) is 18.1. The van der Waals surface area contributed by atoms with Gasteiger partial charge in [-0.2, -0.15) is 0 Å². The maximum atomic E-state index is 12.9. The molecule has 66 heavy (non-hydrogen) atoms. The summed E-state index contributed by atoms with van der Waals surface area (Å²) in [5, 5.41) is 8.48. The van der Waals surface area contributed by atoms with E-state index in [4.69, 9.17) is 56.0 Å². The van der Waals surface area contributed by atoms with Crippen LogP contribution in [0.5, 0.6) is 11.5 Å². The average molecular weight is 1010 g/mol. The van der Waals surface area contributed by atoms with Crippen LogP contribution in [0.3, 0.4) is 0 Å². The van der Waals surface area contributed by atoms with Crippen LogP contribution in [0.4, 0.5) is 9.59 Å². The molecular weight excluding hydrogens is 932 g/mol. The van der Waals surface area contributed by atoms with Crippen molar-refractivity contribution in [3.63, 3.8) is 0 Å². The highest BCUT2D eigenvalue weighted by Gasteiger charge is 2.23. The zero-order valence-electron chi connectivity index (χ0n) is 52.2. The first-order valence-corrected chi connectivity index (χ1v) is 23.5. The van der Waals surface area contributed by atoms with Gasteiger partial charge in [0.1, 0.15) is 11.5 Å². The molecule has 4 aromatic carbocycles. The lowest BCUT2D eigenvalue weighted by molar-refractivity contribution is 0.0942. The Morgan fingerprint density at radius 2 is 1.08 bits per heavy atom. The van der Waals surface area contributed by atoms with Crippen molar-refractivity contribution in [3.05, 3.63) is 117 Å². The summed E-state index contributed by atoms with van der Waals surface area (Å²) in [6.07, 6.45) is -14.2. The predicted molar refractivity (Wildman–Crippen MR) is 252 cm³/mol. The van der Waals surface area contributed by atoms with Crippen molar-refractivity contribution in [1.82, 2.24) is 30.7 Å². The monoisotopic (exact) mass is 1000 g/mol. The molecule has 6 amide bonds. The first-order chi connectivity index (χ1) is 38.2. The van der Waals surface area contributed by atoms with Gasteiger partial charge in [0.15, 0.2) is 0 Å². The Kier molecular flexibility index (Phi) is 12.1. The molecule has 0 atom stereocenters. The van der Waals surface area contributed by atoms with Crippen molar-refractivity contribution in [2.45, 2.75) is 98.7 Å². The molecule has 6 N–H and O–H groups in total. The van der Waals surface area contributed by atoms with Gasteiger partial charge in [-0.05, 0) is 110 Å². The van der Waals surface area contributed by atoms with Crippen molar-refractivity contribution in [2.75, 3.05) is 27.3 Å². The van der Waals surface area contributed by atoms with Crippen molar-refractivity contribution in [1.29, 1.82) is 0 Å². The average Bonchev–Trinajstić information content (AvgIpc) is 1.53. The van der Waals surface area contributed by atoms with Crippen LogP contribution in [0, 0.1) is 0 Å². The van der Waals surface area contributed by atoms with Gasteiger partial charge in [-0.3, -0.25) is 9.59 Å². The minimum Gasteiger partial charge on any atom is -0.496 e. The van der Waals surface area contributed by atoms with Gasteiger partial charge in [0.05, 0.1) is 44.7 Å². The third-order valence-corrected chi connectivity index (χ3v) is 12.4. The van der Waals surface area contributed by atoms with Crippen LogP contribution in [0.1, 0.15) is 119 Å². The molecule has 2 fully saturated rings. The van der Waals surface area contributed by atoms with E-state index in [0.29, 0.717) is 12.0 Å². The maximum absolute atomic E-state index is 12.9. The summed E-state index contributed by atoms with van der Waals surface area (Å²) in [5.74, 6) is -2.03. The minimum atomic E-state index is -4.80. The van der Waals surface area contributed by atoms with Crippen molar-refractivity contribution in [2.24, 2.45) is 0 Å². The van der Waals surface area contributed by atoms with Crippen LogP contribution in [0.15, 0.2) is 94.6 Å². The number of amides is 6. The second-order valence-electron chi connectivity index (χ2n) is 14.0. The zero-order valence-corrected chi connectivity index (χ0v) is 38.4. The zero-order chi connectivity index (χ0) is 62.8. The summed E-state index contributed by atoms with van der Waals surface area (Å²) in [5.41, 5.74) is 0.584. The predicted octanol–water partition coefficient (Wildman–Crippen LogP) is 7.28. The van der Waals surface area contributed by atoms with Crippen LogP contribution >= 0.6 is 23.2 Å². The highest BCUT2D eigenvalue weighted by molar-refractivity contribution is 7.90. The smallest absolute Gasteiger partial charge is 0.328 e. The molecule has 0 aliphatic heterocycles. The summed E-state index contributed by atoms with van der Waals surface area (Å²) in [7, 11) is -6.45. The number of sulfonamides is 2. The number of halogens is 2. The first-order valence-electron chi connectivity index (χ1n) is 28.3. The van der Waals surface area contributed by atoms with Crippen molar-refractivity contribution in [3.8, 4) is 11.5 Å². The highest BCUT2D eigenvalue weighted by atomic mass is 35.5. The molecule has 6 rings (SSSR count). The highest BCUT2D eigenvalue weighted by Crippen LogP contribution is 2.24. The van der Waals surface area contributed by atoms with E-state index in [0.717, 1.165) is 56.9 Å². The maximum Gasteiger partial charge on any atom is 0.328 e. The number of carbonyl (C=O) groups excluding carboxylic acids is 4. The Labute approximate surface area is 420 Å².